The van der Waals surface area contributed by atoms with E-state index in [1.54, 1.807) is 0 Å². The van der Waals surface area contributed by atoms with Crippen LogP contribution in [0.1, 0.15) is 31.8 Å². The number of phenols is 2. The molecule has 1 aliphatic carbocycles. The molecule has 18 nitrogen and oxygen atoms in total. The van der Waals surface area contributed by atoms with Crippen molar-refractivity contribution in [1.82, 2.24) is 0 Å². The van der Waals surface area contributed by atoms with Crippen LogP contribution in [0.4, 0.5) is 11.4 Å². The van der Waals surface area contributed by atoms with Crippen molar-refractivity contribution in [2.75, 3.05) is 22.4 Å². The first kappa shape index (κ1) is 32.8. The second-order valence-corrected chi connectivity index (χ2v) is 13.1. The van der Waals surface area contributed by atoms with E-state index in [1.165, 1.54) is 0 Å². The molecule has 0 atom stereocenters. The molecule has 39 heavy (non-hydrogen) atoms. The molecule has 0 radical (unpaired) electrons. The summed E-state index contributed by atoms with van der Waals surface area (Å²) in [7, 11) is -20.9. The summed E-state index contributed by atoms with van der Waals surface area (Å²) in [6, 6.07) is 0.493. The second-order valence-electron chi connectivity index (χ2n) is 7.44. The Kier molecular flexibility index (Phi) is 8.88. The first-order valence-corrected chi connectivity index (χ1v) is 15.3. The summed E-state index contributed by atoms with van der Waals surface area (Å²) in [5.41, 5.74) is -6.69. The Labute approximate surface area is 241 Å². The van der Waals surface area contributed by atoms with Gasteiger partial charge in [-0.3, -0.25) is 23.2 Å². The molecule has 0 spiro atoms. The van der Waals surface area contributed by atoms with E-state index in [4.69, 9.17) is 9.11 Å². The van der Waals surface area contributed by atoms with Crippen LogP contribution in [0.25, 0.3) is 0 Å². The van der Waals surface area contributed by atoms with E-state index in [-0.39, 0.29) is 41.7 Å². The maximum atomic E-state index is 13.4. The van der Waals surface area contributed by atoms with Crippen molar-refractivity contribution in [2.24, 2.45) is 0 Å². The van der Waals surface area contributed by atoms with Crippen LogP contribution < -0.4 is 40.2 Å². The number of aromatic hydroxyl groups is 2. The fourth-order valence-electron chi connectivity index (χ4n) is 3.46. The number of benzene rings is 2. The molecule has 3 rings (SSSR count). The molecule has 0 heterocycles. The third-order valence-electron chi connectivity index (χ3n) is 4.88. The molecule has 2 aromatic rings. The number of carbonyl (C=O) groups excluding carboxylic acids is 2. The van der Waals surface area contributed by atoms with Crippen molar-refractivity contribution in [1.29, 1.82) is 0 Å². The molecule has 0 aliphatic heterocycles. The summed E-state index contributed by atoms with van der Waals surface area (Å²) >= 11 is 0. The summed E-state index contributed by atoms with van der Waals surface area (Å²) in [5.74, 6) is -9.36. The average molecular weight is 641 g/mol. The molecule has 1 aliphatic rings. The SMILES string of the molecule is O=C1c2c(NCS(=O)(=O)O)cc(S(=O)(=O)O)c(O)c2C(=O)c2c(NCS(=O)(=O)O)cc(S(=O)(=O)[O-])c(O)c21.[Na+]. The van der Waals surface area contributed by atoms with Crippen LogP contribution in [-0.4, -0.2) is 85.4 Å². The quantitative estimate of drug-likeness (QED) is 0.0693. The van der Waals surface area contributed by atoms with Gasteiger partial charge in [0.05, 0.1) is 27.1 Å². The Morgan fingerprint density at radius 1 is 0.641 bits per heavy atom. The third-order valence-corrected chi connectivity index (χ3v) is 7.61. The van der Waals surface area contributed by atoms with Gasteiger partial charge in [-0.15, -0.1) is 0 Å². The van der Waals surface area contributed by atoms with Gasteiger partial charge in [-0.25, -0.2) is 8.42 Å². The van der Waals surface area contributed by atoms with Gasteiger partial charge in [0.1, 0.15) is 38.3 Å². The summed E-state index contributed by atoms with van der Waals surface area (Å²) in [5, 5.41) is 24.6. The van der Waals surface area contributed by atoms with E-state index in [2.05, 4.69) is 0 Å². The minimum atomic E-state index is -5.64. The molecule has 7 N–H and O–H groups in total. The van der Waals surface area contributed by atoms with Crippen LogP contribution in [0.15, 0.2) is 21.9 Å². The van der Waals surface area contributed by atoms with Gasteiger partial charge in [-0.1, -0.05) is 0 Å². The first-order chi connectivity index (χ1) is 17.0. The minimum Gasteiger partial charge on any atom is -0.744 e. The number of anilines is 2. The number of fused-ring (bicyclic) bond motifs is 2. The number of rotatable bonds is 8. The molecular formula is C16H13N2NaO16S4. The van der Waals surface area contributed by atoms with Crippen LogP contribution in [0.2, 0.25) is 0 Å². The number of nitrogens with one attached hydrogen (secondary N) is 2. The molecule has 0 aromatic heterocycles. The Bertz CT molecular complexity index is 1730. The molecule has 23 heteroatoms. The van der Waals surface area contributed by atoms with Crippen molar-refractivity contribution in [3.8, 4) is 11.5 Å². The van der Waals surface area contributed by atoms with Gasteiger partial charge < -0.3 is 25.4 Å². The molecule has 2 aromatic carbocycles. The normalized spacial score (nSPS) is 13.7. The van der Waals surface area contributed by atoms with E-state index in [1.807, 2.05) is 10.6 Å². The summed E-state index contributed by atoms with van der Waals surface area (Å²) in [6.07, 6.45) is 0. The van der Waals surface area contributed by atoms with Crippen molar-refractivity contribution >= 4 is 63.4 Å². The molecule has 0 bridgehead atoms. The fourth-order valence-corrected chi connectivity index (χ4v) is 5.35. The van der Waals surface area contributed by atoms with Crippen molar-refractivity contribution in [3.05, 3.63) is 34.4 Å². The Morgan fingerprint density at radius 2 is 0.974 bits per heavy atom. The van der Waals surface area contributed by atoms with E-state index in [0.717, 1.165) is 0 Å². The van der Waals surface area contributed by atoms with E-state index in [9.17, 15) is 62.6 Å². The van der Waals surface area contributed by atoms with Crippen LogP contribution in [0, 0.1) is 0 Å². The van der Waals surface area contributed by atoms with Crippen LogP contribution in [0.5, 0.6) is 11.5 Å². The number of hydrogen-bond acceptors (Lipinski definition) is 15. The molecule has 0 fully saturated rings. The smallest absolute Gasteiger partial charge is 0.744 e. The van der Waals surface area contributed by atoms with Gasteiger partial charge in [0.15, 0.2) is 0 Å². The third kappa shape index (κ3) is 6.68. The number of ketones is 2. The van der Waals surface area contributed by atoms with E-state index >= 15 is 0 Å². The summed E-state index contributed by atoms with van der Waals surface area (Å²) in [6.45, 7) is 0. The van der Waals surface area contributed by atoms with Gasteiger partial charge in [0.25, 0.3) is 30.4 Å². The maximum absolute atomic E-state index is 13.4. The second kappa shape index (κ2) is 10.5. The van der Waals surface area contributed by atoms with Crippen molar-refractivity contribution in [3.63, 3.8) is 0 Å². The zero-order valence-corrected chi connectivity index (χ0v) is 24.2. The van der Waals surface area contributed by atoms with Crippen molar-refractivity contribution in [2.45, 2.75) is 9.79 Å². The Morgan fingerprint density at radius 3 is 1.28 bits per heavy atom. The standard InChI is InChI=1S/C16H14N2O16S4.Na/c19-13-7(37(29,30)31)1-5(17-3-35(23,24)25)9-11(13)16(22)10-6(18-4-36(26,27)28)2-8(38(32,33)34)14(20)12(10)15(9)21;/h1-2,17-20H,3-4H2,(H,23,24,25)(H,26,27,28)(H,29,30,31)(H,32,33,34);/q;+1/p-1. The topological polar surface area (TPSA) is 319 Å². The van der Waals surface area contributed by atoms with Crippen LogP contribution >= 0.6 is 0 Å². The Balaban J connectivity index is 0.00000533. The number of carbonyl (C=O) groups is 2. The van der Waals surface area contributed by atoms with Gasteiger partial charge in [-0.2, -0.15) is 25.3 Å². The summed E-state index contributed by atoms with van der Waals surface area (Å²) in [4.78, 5) is 23.8. The Hall–Kier alpha value is -2.38. The molecule has 208 valence electrons. The maximum Gasteiger partial charge on any atom is 1.00 e. The number of phenolic OH excluding ortho intramolecular Hbond substituents is 2. The zero-order valence-electron chi connectivity index (χ0n) is 18.9. The summed E-state index contributed by atoms with van der Waals surface area (Å²) < 4.78 is 131. The van der Waals surface area contributed by atoms with Gasteiger partial charge in [0.2, 0.25) is 11.6 Å². The average Bonchev–Trinajstić information content (AvgIpc) is 2.72. The van der Waals surface area contributed by atoms with Gasteiger partial charge in [0, 0.05) is 11.4 Å². The van der Waals surface area contributed by atoms with E-state index in [0.29, 0.717) is 0 Å². The fraction of sp³-hybridized carbons (Fsp3) is 0.125. The molecule has 0 saturated carbocycles. The predicted octanol–water partition coefficient (Wildman–Crippen LogP) is -4.46. The first-order valence-electron chi connectivity index (χ1n) is 9.25. The number of hydrogen-bond donors (Lipinski definition) is 7. The molecule has 0 amide bonds. The van der Waals surface area contributed by atoms with E-state index < -0.39 is 119 Å². The zero-order chi connectivity index (χ0) is 29.2. The van der Waals surface area contributed by atoms with Gasteiger partial charge in [-0.05, 0) is 12.1 Å². The largest absolute Gasteiger partial charge is 1.00 e. The molecular weight excluding hydrogens is 627 g/mol. The molecule has 0 saturated heterocycles. The van der Waals surface area contributed by atoms with Crippen LogP contribution in [0.3, 0.4) is 0 Å². The molecule has 0 unspecified atom stereocenters. The van der Waals surface area contributed by atoms with Crippen molar-refractivity contribution < 1.29 is 101 Å². The van der Waals surface area contributed by atoms with Gasteiger partial charge >= 0.3 is 29.6 Å². The van der Waals surface area contributed by atoms with Crippen LogP contribution in [-0.2, 0) is 40.5 Å². The minimum absolute atomic E-state index is 0. The predicted molar refractivity (Wildman–Crippen MR) is 121 cm³/mol. The monoisotopic (exact) mass is 640 g/mol.